The van der Waals surface area contributed by atoms with E-state index in [0.717, 1.165) is 6.07 Å². The molecule has 0 unspecified atom stereocenters. The van der Waals surface area contributed by atoms with Crippen molar-refractivity contribution >= 4 is 32.5 Å². The van der Waals surface area contributed by atoms with Crippen molar-refractivity contribution in [3.63, 3.8) is 0 Å². The minimum atomic E-state index is -1.06. The van der Waals surface area contributed by atoms with E-state index in [1.807, 2.05) is 0 Å². The summed E-state index contributed by atoms with van der Waals surface area (Å²) in [6.45, 7) is 0. The number of rotatable bonds is 2. The highest BCUT2D eigenvalue weighted by Crippen LogP contribution is 2.34. The van der Waals surface area contributed by atoms with Crippen molar-refractivity contribution in [2.24, 2.45) is 0 Å². The number of anilines is 1. The maximum Gasteiger partial charge on any atom is 0.201 e. The molecule has 0 saturated carbocycles. The van der Waals surface area contributed by atoms with Gasteiger partial charge >= 0.3 is 0 Å². The first kappa shape index (κ1) is 13.8. The zero-order chi connectivity index (χ0) is 15.0. The van der Waals surface area contributed by atoms with Crippen molar-refractivity contribution in [2.75, 3.05) is 5.73 Å². The van der Waals surface area contributed by atoms with Crippen molar-refractivity contribution in [3.8, 4) is 11.5 Å². The Bertz CT molecular complexity index is 839. The molecule has 2 N–H and O–H groups in total. The molecule has 6 heteroatoms. The lowest BCUT2D eigenvalue weighted by Gasteiger charge is -2.11. The molecular weight excluding hydrogens is 342 g/mol. The maximum atomic E-state index is 13.8. The fourth-order valence-electron chi connectivity index (χ4n) is 1.98. The number of benzene rings is 2. The Morgan fingerprint density at radius 3 is 2.71 bits per heavy atom. The molecule has 0 radical (unpaired) electrons. The van der Waals surface area contributed by atoms with Gasteiger partial charge in [-0.15, -0.1) is 0 Å². The molecule has 0 aliphatic heterocycles. The van der Waals surface area contributed by atoms with Crippen molar-refractivity contribution in [2.45, 2.75) is 0 Å². The van der Waals surface area contributed by atoms with Gasteiger partial charge in [0.2, 0.25) is 5.82 Å². The van der Waals surface area contributed by atoms with Gasteiger partial charge in [-0.05, 0) is 36.4 Å². The third-order valence-corrected chi connectivity index (χ3v) is 3.40. The molecule has 0 aliphatic carbocycles. The predicted octanol–water partition coefficient (Wildman–Crippen LogP) is 4.65. The molecule has 3 aromatic rings. The van der Waals surface area contributed by atoms with Gasteiger partial charge in [0.15, 0.2) is 17.3 Å². The van der Waals surface area contributed by atoms with Crippen LogP contribution in [0.2, 0.25) is 0 Å². The number of nitrogens with zero attached hydrogens (tertiary/aromatic N) is 1. The Hall–Kier alpha value is -2.21. The average Bonchev–Trinajstić information content (AvgIpc) is 2.47. The highest BCUT2D eigenvalue weighted by atomic mass is 79.9. The molecule has 0 fully saturated rings. The largest absolute Gasteiger partial charge is 0.452 e. The quantitative estimate of drug-likeness (QED) is 0.540. The van der Waals surface area contributed by atoms with Crippen LogP contribution in [0.4, 0.5) is 14.5 Å². The summed E-state index contributed by atoms with van der Waals surface area (Å²) in [5.41, 5.74) is 6.88. The summed E-state index contributed by atoms with van der Waals surface area (Å²) in [7, 11) is 0. The number of aromatic nitrogens is 1. The summed E-state index contributed by atoms with van der Waals surface area (Å²) in [6, 6.07) is 9.10. The standard InChI is InChI=1S/C15H9BrF2N2O/c16-8-6-10(17)14(18)13(7-8)21-12-4-3-11(19)9-2-1-5-20-15(9)12/h1-7H,19H2. The molecule has 0 aliphatic rings. The number of fused-ring (bicyclic) bond motifs is 1. The van der Waals surface area contributed by atoms with Crippen LogP contribution in [0.1, 0.15) is 0 Å². The second kappa shape index (κ2) is 5.29. The number of nitrogens with two attached hydrogens (primary N) is 1. The number of hydrogen-bond donors (Lipinski definition) is 1. The van der Waals surface area contributed by atoms with Gasteiger partial charge in [0.05, 0.1) is 0 Å². The summed E-state index contributed by atoms with van der Waals surface area (Å²) < 4.78 is 33.0. The first-order valence-electron chi connectivity index (χ1n) is 6.02. The summed E-state index contributed by atoms with van der Waals surface area (Å²) in [4.78, 5) is 4.18. The van der Waals surface area contributed by atoms with E-state index < -0.39 is 11.6 Å². The molecule has 21 heavy (non-hydrogen) atoms. The second-order valence-electron chi connectivity index (χ2n) is 4.35. The van der Waals surface area contributed by atoms with Crippen LogP contribution in [-0.2, 0) is 0 Å². The fourth-order valence-corrected chi connectivity index (χ4v) is 2.39. The van der Waals surface area contributed by atoms with E-state index in [-0.39, 0.29) is 5.75 Å². The molecule has 3 rings (SSSR count). The summed E-state index contributed by atoms with van der Waals surface area (Å²) in [5, 5.41) is 0.686. The molecular formula is C15H9BrF2N2O. The van der Waals surface area contributed by atoms with Gasteiger partial charge in [0.25, 0.3) is 0 Å². The lowest BCUT2D eigenvalue weighted by molar-refractivity contribution is 0.418. The summed E-state index contributed by atoms with van der Waals surface area (Å²) in [6.07, 6.45) is 1.58. The number of ether oxygens (including phenoxy) is 1. The second-order valence-corrected chi connectivity index (χ2v) is 5.27. The van der Waals surface area contributed by atoms with Crippen LogP contribution in [0.25, 0.3) is 10.9 Å². The Labute approximate surface area is 127 Å². The van der Waals surface area contributed by atoms with Crippen molar-refractivity contribution in [1.82, 2.24) is 4.98 Å². The Balaban J connectivity index is 2.13. The number of nitrogen functional groups attached to an aromatic ring is 1. The van der Waals surface area contributed by atoms with Crippen molar-refractivity contribution in [3.05, 3.63) is 58.7 Å². The molecule has 0 amide bonds. The number of halogens is 3. The van der Waals surface area contributed by atoms with Crippen LogP contribution >= 0.6 is 15.9 Å². The topological polar surface area (TPSA) is 48.1 Å². The van der Waals surface area contributed by atoms with Gasteiger partial charge in [-0.1, -0.05) is 15.9 Å². The van der Waals surface area contributed by atoms with Gasteiger partial charge in [-0.3, -0.25) is 4.98 Å². The predicted molar refractivity (Wildman–Crippen MR) is 80.3 cm³/mol. The zero-order valence-electron chi connectivity index (χ0n) is 10.6. The van der Waals surface area contributed by atoms with Crippen molar-refractivity contribution < 1.29 is 13.5 Å². The van der Waals surface area contributed by atoms with Gasteiger partial charge in [0, 0.05) is 21.7 Å². The van der Waals surface area contributed by atoms with Crippen LogP contribution in [-0.4, -0.2) is 4.98 Å². The SMILES string of the molecule is Nc1ccc(Oc2cc(Br)cc(F)c2F)c2ncccc12. The molecule has 0 saturated heterocycles. The van der Waals surface area contributed by atoms with E-state index in [0.29, 0.717) is 26.8 Å². The highest BCUT2D eigenvalue weighted by molar-refractivity contribution is 9.10. The lowest BCUT2D eigenvalue weighted by Crippen LogP contribution is -1.95. The zero-order valence-corrected chi connectivity index (χ0v) is 12.2. The van der Waals surface area contributed by atoms with Crippen LogP contribution in [0.3, 0.4) is 0 Å². The summed E-state index contributed by atoms with van der Waals surface area (Å²) in [5.74, 6) is -1.97. The van der Waals surface area contributed by atoms with Crippen LogP contribution in [0.5, 0.6) is 11.5 Å². The van der Waals surface area contributed by atoms with Crippen LogP contribution < -0.4 is 10.5 Å². The van der Waals surface area contributed by atoms with Gasteiger partial charge in [-0.25, -0.2) is 4.39 Å². The monoisotopic (exact) mass is 350 g/mol. The highest BCUT2D eigenvalue weighted by Gasteiger charge is 2.14. The minimum absolute atomic E-state index is 0.224. The average molecular weight is 351 g/mol. The Morgan fingerprint density at radius 2 is 1.90 bits per heavy atom. The van der Waals surface area contributed by atoms with E-state index in [1.165, 1.54) is 6.07 Å². The first-order chi connectivity index (χ1) is 10.1. The van der Waals surface area contributed by atoms with E-state index >= 15 is 0 Å². The molecule has 0 spiro atoms. The Morgan fingerprint density at radius 1 is 1.10 bits per heavy atom. The molecule has 0 atom stereocenters. The molecule has 2 aromatic carbocycles. The Kier molecular flexibility index (Phi) is 3.47. The molecule has 1 aromatic heterocycles. The van der Waals surface area contributed by atoms with E-state index in [2.05, 4.69) is 20.9 Å². The van der Waals surface area contributed by atoms with E-state index in [4.69, 9.17) is 10.5 Å². The molecule has 0 bridgehead atoms. The molecule has 3 nitrogen and oxygen atoms in total. The molecule has 1 heterocycles. The first-order valence-corrected chi connectivity index (χ1v) is 6.81. The normalized spacial score (nSPS) is 10.8. The smallest absolute Gasteiger partial charge is 0.201 e. The van der Waals surface area contributed by atoms with Crippen molar-refractivity contribution in [1.29, 1.82) is 0 Å². The van der Waals surface area contributed by atoms with E-state index in [1.54, 1.807) is 30.5 Å². The third-order valence-electron chi connectivity index (χ3n) is 2.95. The third kappa shape index (κ3) is 2.54. The lowest BCUT2D eigenvalue weighted by atomic mass is 10.1. The van der Waals surface area contributed by atoms with Crippen LogP contribution in [0, 0.1) is 11.6 Å². The van der Waals surface area contributed by atoms with Gasteiger partial charge < -0.3 is 10.5 Å². The van der Waals surface area contributed by atoms with E-state index in [9.17, 15) is 8.78 Å². The number of pyridine rings is 1. The number of hydrogen-bond acceptors (Lipinski definition) is 3. The van der Waals surface area contributed by atoms with Gasteiger partial charge in [-0.2, -0.15) is 4.39 Å². The fraction of sp³-hybridized carbons (Fsp3) is 0. The maximum absolute atomic E-state index is 13.8. The van der Waals surface area contributed by atoms with Crippen LogP contribution in [0.15, 0.2) is 47.1 Å². The molecule has 106 valence electrons. The minimum Gasteiger partial charge on any atom is -0.452 e. The summed E-state index contributed by atoms with van der Waals surface area (Å²) >= 11 is 3.10. The van der Waals surface area contributed by atoms with Gasteiger partial charge in [0.1, 0.15) is 5.52 Å².